The predicted molar refractivity (Wildman–Crippen MR) is 65.3 cm³/mol. The van der Waals surface area contributed by atoms with Crippen molar-refractivity contribution >= 4 is 21.2 Å². The van der Waals surface area contributed by atoms with Crippen LogP contribution in [0.1, 0.15) is 51.9 Å². The maximum absolute atomic E-state index is 4.52. The van der Waals surface area contributed by atoms with E-state index in [0.29, 0.717) is 4.99 Å². The Bertz CT molecular complexity index is 173. The van der Waals surface area contributed by atoms with Gasteiger partial charge in [-0.2, -0.15) is 12.6 Å². The summed E-state index contributed by atoms with van der Waals surface area (Å²) in [5.41, 5.74) is 1.85. The molecule has 0 amide bonds. The predicted octanol–water partition coefficient (Wildman–Crippen LogP) is 4.05. The molecule has 0 aromatic heterocycles. The number of rotatable bonds is 2. The molecule has 3 atom stereocenters. The number of hydrogen-bond donors (Lipinski definition) is 1. The minimum absolute atomic E-state index is 0.640. The van der Waals surface area contributed by atoms with Gasteiger partial charge in [-0.25, -0.2) is 0 Å². The van der Waals surface area contributed by atoms with E-state index in [9.17, 15) is 0 Å². The Hall–Kier alpha value is 0.780. The van der Waals surface area contributed by atoms with Gasteiger partial charge in [0.05, 0.1) is 0 Å². The summed E-state index contributed by atoms with van der Waals surface area (Å²) in [5.74, 6) is 0. The van der Waals surface area contributed by atoms with E-state index in [-0.39, 0.29) is 0 Å². The Labute approximate surface area is 89.4 Å². The number of hydrogen-bond acceptors (Lipinski definition) is 1. The highest BCUT2D eigenvalue weighted by molar-refractivity contribution is 7.87. The minimum Gasteiger partial charge on any atom is -0.172 e. The van der Waals surface area contributed by atoms with Crippen LogP contribution in [-0.2, 0) is 0 Å². The molecule has 2 aliphatic carbocycles. The molecule has 2 fully saturated rings. The molecule has 0 aromatic carbocycles. The maximum atomic E-state index is 4.52. The third-order valence-corrected chi connectivity index (χ3v) is 5.74. The fourth-order valence-electron chi connectivity index (χ4n) is 3.27. The highest BCUT2D eigenvalue weighted by Gasteiger charge is 2.40. The lowest BCUT2D eigenvalue weighted by molar-refractivity contribution is 0.310. The summed E-state index contributed by atoms with van der Waals surface area (Å²) < 4.78 is 0. The van der Waals surface area contributed by atoms with Crippen LogP contribution in [0.3, 0.4) is 0 Å². The molecular weight excluding hydrogens is 195 g/mol. The van der Waals surface area contributed by atoms with Crippen LogP contribution in [-0.4, -0.2) is 10.7 Å². The van der Waals surface area contributed by atoms with Crippen LogP contribution in [0.25, 0.3) is 0 Å². The molecule has 76 valence electrons. The average Bonchev–Trinajstić information content (AvgIpc) is 2.63. The molecule has 2 rings (SSSR count). The summed E-state index contributed by atoms with van der Waals surface area (Å²) in [7, 11) is 1.11. The van der Waals surface area contributed by atoms with Gasteiger partial charge in [0.25, 0.3) is 0 Å². The molecule has 2 aliphatic rings. The van der Waals surface area contributed by atoms with Crippen LogP contribution in [0.15, 0.2) is 0 Å². The molecule has 13 heavy (non-hydrogen) atoms. The van der Waals surface area contributed by atoms with Crippen molar-refractivity contribution in [2.24, 2.45) is 5.41 Å². The van der Waals surface area contributed by atoms with E-state index in [0.717, 1.165) is 19.7 Å². The molecule has 0 aromatic rings. The summed E-state index contributed by atoms with van der Waals surface area (Å²) in [6.45, 7) is 2.25. The average molecular weight is 216 g/mol. The molecule has 0 radical (unpaired) electrons. The van der Waals surface area contributed by atoms with Crippen molar-refractivity contribution < 1.29 is 0 Å². The Balaban J connectivity index is 1.86. The van der Waals surface area contributed by atoms with Gasteiger partial charge in [0, 0.05) is 4.99 Å². The van der Waals surface area contributed by atoms with E-state index in [1.165, 1.54) is 44.9 Å². The summed E-state index contributed by atoms with van der Waals surface area (Å²) in [6.07, 6.45) is 10.7. The molecule has 0 N–H and O–H groups in total. The fraction of sp³-hybridized carbons (Fsp3) is 1.00. The second-order valence-electron chi connectivity index (χ2n) is 4.99. The largest absolute Gasteiger partial charge is 0.172 e. The first kappa shape index (κ1) is 10.3. The summed E-state index contributed by atoms with van der Waals surface area (Å²) in [4.78, 5) is 0.640. The number of thiol groups is 1. The van der Waals surface area contributed by atoms with Crippen molar-refractivity contribution in [1.29, 1.82) is 0 Å². The molecule has 2 heteroatoms. The lowest BCUT2D eigenvalue weighted by Gasteiger charge is -2.23. The van der Waals surface area contributed by atoms with Crippen LogP contribution in [0.4, 0.5) is 0 Å². The van der Waals surface area contributed by atoms with E-state index < -0.39 is 0 Å². The smallest absolute Gasteiger partial charge is 0.0163 e. The quantitative estimate of drug-likeness (QED) is 0.522. The van der Waals surface area contributed by atoms with Crippen molar-refractivity contribution in [3.8, 4) is 0 Å². The van der Waals surface area contributed by atoms with E-state index in [1.807, 2.05) is 0 Å². The van der Waals surface area contributed by atoms with Crippen LogP contribution in [0.5, 0.6) is 0 Å². The van der Waals surface area contributed by atoms with Gasteiger partial charge in [-0.3, -0.25) is 0 Å². The molecule has 1 spiro atoms. The zero-order chi connectivity index (χ0) is 9.31. The van der Waals surface area contributed by atoms with Gasteiger partial charge in [0.1, 0.15) is 0 Å². The zero-order valence-corrected chi connectivity index (χ0v) is 10.4. The van der Waals surface area contributed by atoms with Crippen LogP contribution >= 0.6 is 21.2 Å². The third-order valence-electron chi connectivity index (χ3n) is 3.84. The van der Waals surface area contributed by atoms with E-state index >= 15 is 0 Å². The Kier molecular flexibility index (Phi) is 3.25. The Morgan fingerprint density at radius 2 is 2.00 bits per heavy atom. The minimum atomic E-state index is 0.640. The normalized spacial score (nSPS) is 35.1. The SMILES string of the molecule is C[C@H](S)PC1CCC2(CCCC2)C1. The Morgan fingerprint density at radius 1 is 1.31 bits per heavy atom. The van der Waals surface area contributed by atoms with Gasteiger partial charge in [0.2, 0.25) is 0 Å². The molecule has 2 saturated carbocycles. The summed E-state index contributed by atoms with van der Waals surface area (Å²) >= 11 is 4.52. The third kappa shape index (κ3) is 2.42. The highest BCUT2D eigenvalue weighted by Crippen LogP contribution is 2.55. The fourth-order valence-corrected chi connectivity index (χ4v) is 5.45. The molecule has 0 heterocycles. The standard InChI is InChI=1S/C11H21PS/c1-9(13)12-10-4-7-11(8-10)5-2-3-6-11/h9-10,12-13H,2-8H2,1H3/t9-,10?/m0/s1. The second kappa shape index (κ2) is 4.11. The van der Waals surface area contributed by atoms with Crippen LogP contribution in [0.2, 0.25) is 0 Å². The van der Waals surface area contributed by atoms with Crippen LogP contribution < -0.4 is 0 Å². The molecular formula is C11H21PS. The Morgan fingerprint density at radius 3 is 2.62 bits per heavy atom. The van der Waals surface area contributed by atoms with Crippen molar-refractivity contribution in [2.75, 3.05) is 0 Å². The molecule has 0 aliphatic heterocycles. The van der Waals surface area contributed by atoms with Gasteiger partial charge >= 0.3 is 0 Å². The van der Waals surface area contributed by atoms with Crippen molar-refractivity contribution in [3.05, 3.63) is 0 Å². The van der Waals surface area contributed by atoms with Gasteiger partial charge in [-0.15, -0.1) is 8.58 Å². The van der Waals surface area contributed by atoms with Gasteiger partial charge in [-0.05, 0) is 50.1 Å². The highest BCUT2D eigenvalue weighted by atomic mass is 32.1. The molecule has 2 unspecified atom stereocenters. The summed E-state index contributed by atoms with van der Waals surface area (Å²) in [6, 6.07) is 0. The second-order valence-corrected chi connectivity index (χ2v) is 8.27. The van der Waals surface area contributed by atoms with Crippen molar-refractivity contribution in [3.63, 3.8) is 0 Å². The van der Waals surface area contributed by atoms with Crippen LogP contribution in [0, 0.1) is 5.41 Å². The lowest BCUT2D eigenvalue weighted by atomic mass is 9.85. The van der Waals surface area contributed by atoms with Crippen molar-refractivity contribution in [1.82, 2.24) is 0 Å². The van der Waals surface area contributed by atoms with Crippen molar-refractivity contribution in [2.45, 2.75) is 62.5 Å². The topological polar surface area (TPSA) is 0 Å². The summed E-state index contributed by atoms with van der Waals surface area (Å²) in [5, 5.41) is 0. The van der Waals surface area contributed by atoms with Gasteiger partial charge in [0.15, 0.2) is 0 Å². The first-order valence-electron chi connectivity index (χ1n) is 5.64. The van der Waals surface area contributed by atoms with E-state index in [4.69, 9.17) is 0 Å². The lowest BCUT2D eigenvalue weighted by Crippen LogP contribution is -2.11. The zero-order valence-electron chi connectivity index (χ0n) is 8.55. The molecule has 0 nitrogen and oxygen atoms in total. The van der Waals surface area contributed by atoms with Gasteiger partial charge in [-0.1, -0.05) is 12.8 Å². The van der Waals surface area contributed by atoms with E-state index in [1.54, 1.807) is 0 Å². The first-order chi connectivity index (χ1) is 6.20. The van der Waals surface area contributed by atoms with E-state index in [2.05, 4.69) is 19.6 Å². The first-order valence-corrected chi connectivity index (χ1v) is 7.31. The molecule has 0 saturated heterocycles. The molecule has 0 bridgehead atoms. The maximum Gasteiger partial charge on any atom is 0.0163 e. The monoisotopic (exact) mass is 216 g/mol. The van der Waals surface area contributed by atoms with Gasteiger partial charge < -0.3 is 0 Å².